The fourth-order valence-corrected chi connectivity index (χ4v) is 1.95. The van der Waals surface area contributed by atoms with Gasteiger partial charge in [-0.05, 0) is 17.7 Å². The van der Waals surface area contributed by atoms with Crippen LogP contribution in [0.3, 0.4) is 0 Å². The van der Waals surface area contributed by atoms with E-state index in [1.54, 1.807) is 18.2 Å². The van der Waals surface area contributed by atoms with Crippen LogP contribution in [0.2, 0.25) is 10.0 Å². The molecule has 2 nitrogen and oxygen atoms in total. The van der Waals surface area contributed by atoms with Gasteiger partial charge in [0.1, 0.15) is 0 Å². The number of hydrogen-bond acceptors (Lipinski definition) is 2. The molecule has 1 aromatic carbocycles. The van der Waals surface area contributed by atoms with Crippen LogP contribution >= 0.6 is 31.6 Å². The van der Waals surface area contributed by atoms with Gasteiger partial charge in [0.25, 0.3) is 0 Å². The van der Waals surface area contributed by atoms with Crippen molar-refractivity contribution in [3.63, 3.8) is 0 Å². The van der Waals surface area contributed by atoms with Crippen LogP contribution < -0.4 is 0 Å². The van der Waals surface area contributed by atoms with Gasteiger partial charge in [-0.3, -0.25) is 0 Å². The van der Waals surface area contributed by atoms with E-state index >= 15 is 0 Å². The lowest BCUT2D eigenvalue weighted by Crippen LogP contribution is -1.84. The molecule has 1 rings (SSSR count). The van der Waals surface area contributed by atoms with Crippen LogP contribution in [0.1, 0.15) is 5.56 Å². The monoisotopic (exact) mass is 224 g/mol. The Bertz CT molecular complexity index is 278. The summed E-state index contributed by atoms with van der Waals surface area (Å²) in [5.41, 5.74) is 0.706. The van der Waals surface area contributed by atoms with E-state index in [1.165, 1.54) is 0 Å². The van der Waals surface area contributed by atoms with Gasteiger partial charge in [-0.1, -0.05) is 29.3 Å². The number of hydrogen-bond donors (Lipinski definition) is 2. The van der Waals surface area contributed by atoms with Crippen LogP contribution in [0.4, 0.5) is 0 Å². The largest absolute Gasteiger partial charge is 0.350 e. The Morgan fingerprint density at radius 3 is 2.42 bits per heavy atom. The van der Waals surface area contributed by atoms with E-state index in [1.807, 2.05) is 0 Å². The number of halogens is 2. The van der Waals surface area contributed by atoms with E-state index in [-0.39, 0.29) is 6.16 Å². The Morgan fingerprint density at radius 1 is 1.25 bits per heavy atom. The smallest absolute Gasteiger partial charge is 0.169 e. The third-order valence-corrected chi connectivity index (χ3v) is 2.54. The predicted octanol–water partition coefficient (Wildman–Crippen LogP) is 2.79. The van der Waals surface area contributed by atoms with Crippen molar-refractivity contribution in [3.05, 3.63) is 33.8 Å². The fraction of sp³-hybridized carbons (Fsp3) is 0.143. The number of rotatable bonds is 2. The molecule has 0 fully saturated rings. The van der Waals surface area contributed by atoms with Crippen molar-refractivity contribution in [1.29, 1.82) is 0 Å². The lowest BCUT2D eigenvalue weighted by Gasteiger charge is -2.04. The van der Waals surface area contributed by atoms with E-state index in [0.29, 0.717) is 15.6 Å². The van der Waals surface area contributed by atoms with Crippen LogP contribution in [-0.2, 0) is 6.16 Å². The van der Waals surface area contributed by atoms with Gasteiger partial charge < -0.3 is 9.79 Å². The molecule has 0 aromatic heterocycles. The average Bonchev–Trinajstić information content (AvgIpc) is 1.94. The van der Waals surface area contributed by atoms with E-state index in [9.17, 15) is 0 Å². The van der Waals surface area contributed by atoms with Crippen LogP contribution in [0.25, 0.3) is 0 Å². The Hall–Kier alpha value is 0.150. The molecule has 0 aliphatic heterocycles. The first kappa shape index (κ1) is 10.2. The summed E-state index contributed by atoms with van der Waals surface area (Å²) in [4.78, 5) is 17.5. The zero-order valence-corrected chi connectivity index (χ0v) is 8.44. The van der Waals surface area contributed by atoms with Gasteiger partial charge in [-0.25, -0.2) is 0 Å². The molecule has 0 bridgehead atoms. The first-order chi connectivity index (χ1) is 5.59. The van der Waals surface area contributed by atoms with E-state index in [2.05, 4.69) is 0 Å². The summed E-state index contributed by atoms with van der Waals surface area (Å²) in [5.74, 6) is 0. The van der Waals surface area contributed by atoms with E-state index < -0.39 is 8.38 Å². The van der Waals surface area contributed by atoms with Crippen molar-refractivity contribution in [2.45, 2.75) is 6.16 Å². The zero-order valence-electron chi connectivity index (χ0n) is 6.04. The highest BCUT2D eigenvalue weighted by Gasteiger charge is 2.05. The molecule has 0 radical (unpaired) electrons. The lowest BCUT2D eigenvalue weighted by molar-refractivity contribution is 0.481. The second-order valence-electron chi connectivity index (χ2n) is 2.27. The van der Waals surface area contributed by atoms with Crippen LogP contribution in [0.5, 0.6) is 0 Å². The molecule has 12 heavy (non-hydrogen) atoms. The van der Waals surface area contributed by atoms with Crippen molar-refractivity contribution in [2.75, 3.05) is 0 Å². The third kappa shape index (κ3) is 2.89. The van der Waals surface area contributed by atoms with Crippen molar-refractivity contribution in [1.82, 2.24) is 0 Å². The highest BCUT2D eigenvalue weighted by molar-refractivity contribution is 7.44. The molecule has 0 amide bonds. The van der Waals surface area contributed by atoms with E-state index in [0.717, 1.165) is 0 Å². The standard InChI is InChI=1S/C7H7Cl2O2P/c8-6-2-1-5(4-12(10)11)7(9)3-6/h1-3,10-11H,4H2. The van der Waals surface area contributed by atoms with Gasteiger partial charge >= 0.3 is 0 Å². The van der Waals surface area contributed by atoms with Crippen molar-refractivity contribution in [3.8, 4) is 0 Å². The zero-order chi connectivity index (χ0) is 9.14. The van der Waals surface area contributed by atoms with Gasteiger partial charge in [-0.15, -0.1) is 0 Å². The van der Waals surface area contributed by atoms with E-state index in [4.69, 9.17) is 33.0 Å². The molecule has 1 aromatic rings. The molecule has 0 saturated heterocycles. The minimum absolute atomic E-state index is 0.186. The molecule has 0 aliphatic carbocycles. The van der Waals surface area contributed by atoms with Gasteiger partial charge in [0.05, 0.1) is 0 Å². The molecular formula is C7H7Cl2O2P. The summed E-state index contributed by atoms with van der Waals surface area (Å²) in [6.45, 7) is 0. The number of benzene rings is 1. The SMILES string of the molecule is OP(O)Cc1ccc(Cl)cc1Cl. The third-order valence-electron chi connectivity index (χ3n) is 1.33. The van der Waals surface area contributed by atoms with Crippen molar-refractivity contribution in [2.24, 2.45) is 0 Å². The summed E-state index contributed by atoms with van der Waals surface area (Å²) in [6, 6.07) is 4.94. The van der Waals surface area contributed by atoms with Crippen LogP contribution in [0, 0.1) is 0 Å². The normalized spacial score (nSPS) is 10.8. The molecule has 66 valence electrons. The quantitative estimate of drug-likeness (QED) is 0.759. The summed E-state index contributed by atoms with van der Waals surface area (Å²) >= 11 is 11.4. The summed E-state index contributed by atoms with van der Waals surface area (Å²) < 4.78 is 0. The maximum Gasteiger partial charge on any atom is 0.169 e. The Morgan fingerprint density at radius 2 is 1.92 bits per heavy atom. The second kappa shape index (κ2) is 4.40. The van der Waals surface area contributed by atoms with Gasteiger partial charge in [0, 0.05) is 16.2 Å². The molecule has 2 N–H and O–H groups in total. The maximum atomic E-state index is 8.73. The average molecular weight is 225 g/mol. The molecule has 0 heterocycles. The molecule has 0 saturated carbocycles. The maximum absolute atomic E-state index is 8.73. The molecule has 0 spiro atoms. The molecule has 5 heteroatoms. The van der Waals surface area contributed by atoms with Crippen LogP contribution in [0.15, 0.2) is 18.2 Å². The fourth-order valence-electron chi connectivity index (χ4n) is 0.802. The van der Waals surface area contributed by atoms with Gasteiger partial charge in [-0.2, -0.15) is 0 Å². The molecular weight excluding hydrogens is 218 g/mol. The van der Waals surface area contributed by atoms with Crippen molar-refractivity contribution >= 4 is 31.6 Å². The highest BCUT2D eigenvalue weighted by Crippen LogP contribution is 2.33. The minimum Gasteiger partial charge on any atom is -0.350 e. The Kier molecular flexibility index (Phi) is 3.76. The predicted molar refractivity (Wildman–Crippen MR) is 51.5 cm³/mol. The Labute approximate surface area is 81.7 Å². The highest BCUT2D eigenvalue weighted by atomic mass is 35.5. The summed E-state index contributed by atoms with van der Waals surface area (Å²) in [5, 5.41) is 1.02. The topological polar surface area (TPSA) is 40.5 Å². The minimum atomic E-state index is -1.93. The summed E-state index contributed by atoms with van der Waals surface area (Å²) in [7, 11) is -1.93. The molecule has 0 aliphatic rings. The first-order valence-corrected chi connectivity index (χ1v) is 5.37. The first-order valence-electron chi connectivity index (χ1n) is 3.19. The molecule has 0 unspecified atom stereocenters. The van der Waals surface area contributed by atoms with Crippen LogP contribution in [-0.4, -0.2) is 9.79 Å². The second-order valence-corrected chi connectivity index (χ2v) is 4.17. The van der Waals surface area contributed by atoms with Gasteiger partial charge in [0.2, 0.25) is 0 Å². The van der Waals surface area contributed by atoms with Crippen molar-refractivity contribution < 1.29 is 9.79 Å². The summed E-state index contributed by atoms with van der Waals surface area (Å²) in [6.07, 6.45) is 0.186. The molecule has 0 atom stereocenters. The Balaban J connectivity index is 2.86. The lowest BCUT2D eigenvalue weighted by atomic mass is 10.2. The van der Waals surface area contributed by atoms with Gasteiger partial charge in [0.15, 0.2) is 8.38 Å².